The number of H-pyrrole nitrogens is 1. The quantitative estimate of drug-likeness (QED) is 0.694. The van der Waals surface area contributed by atoms with Crippen LogP contribution in [0.2, 0.25) is 0 Å². The van der Waals surface area contributed by atoms with E-state index < -0.39 is 0 Å². The molecular weight excluding hydrogens is 278 g/mol. The molecule has 3 N–H and O–H groups in total. The fraction of sp³-hybridized carbons (Fsp3) is 0.188. The van der Waals surface area contributed by atoms with E-state index in [0.717, 1.165) is 28.1 Å². The van der Waals surface area contributed by atoms with E-state index in [0.29, 0.717) is 0 Å². The summed E-state index contributed by atoms with van der Waals surface area (Å²) in [5, 5.41) is 5.68. The van der Waals surface area contributed by atoms with Gasteiger partial charge >= 0.3 is 6.03 Å². The first-order valence-electron chi connectivity index (χ1n) is 7.06. The second kappa shape index (κ2) is 5.85. The molecule has 22 heavy (non-hydrogen) atoms. The molecule has 2 amide bonds. The molecule has 6 heteroatoms. The van der Waals surface area contributed by atoms with E-state index in [1.807, 2.05) is 38.1 Å². The van der Waals surface area contributed by atoms with Crippen molar-refractivity contribution < 1.29 is 4.79 Å². The van der Waals surface area contributed by atoms with Crippen LogP contribution in [0.1, 0.15) is 24.4 Å². The van der Waals surface area contributed by atoms with Crippen LogP contribution in [-0.2, 0) is 0 Å². The van der Waals surface area contributed by atoms with Gasteiger partial charge in [-0.3, -0.25) is 4.98 Å². The van der Waals surface area contributed by atoms with Crippen molar-refractivity contribution in [2.75, 3.05) is 5.32 Å². The number of benzene rings is 1. The minimum absolute atomic E-state index is 0.227. The molecule has 0 saturated heterocycles. The SMILES string of the molecule is Cc1cnccc1NC(=O)N[C@@H](C)c1nc2ccccc2[nH]1. The van der Waals surface area contributed by atoms with E-state index in [1.165, 1.54) is 0 Å². The molecule has 0 unspecified atom stereocenters. The smallest absolute Gasteiger partial charge is 0.319 e. The van der Waals surface area contributed by atoms with Crippen LogP contribution in [0.25, 0.3) is 11.0 Å². The standard InChI is InChI=1S/C16H17N5O/c1-10-9-17-8-7-12(10)21-16(22)18-11(2)15-19-13-5-3-4-6-14(13)20-15/h3-9,11H,1-2H3,(H,19,20)(H2,17,18,21,22)/t11-/m0/s1. The fourth-order valence-corrected chi connectivity index (χ4v) is 2.21. The Morgan fingerprint density at radius 3 is 2.86 bits per heavy atom. The van der Waals surface area contributed by atoms with Gasteiger partial charge in [-0.25, -0.2) is 9.78 Å². The highest BCUT2D eigenvalue weighted by atomic mass is 16.2. The second-order valence-electron chi connectivity index (χ2n) is 5.15. The number of aryl methyl sites for hydroxylation is 1. The summed E-state index contributed by atoms with van der Waals surface area (Å²) in [5.41, 5.74) is 3.49. The number of aromatic amines is 1. The molecule has 112 valence electrons. The summed E-state index contributed by atoms with van der Waals surface area (Å²) in [5.74, 6) is 0.725. The molecule has 0 aliphatic carbocycles. The highest BCUT2D eigenvalue weighted by molar-refractivity contribution is 5.90. The van der Waals surface area contributed by atoms with E-state index >= 15 is 0 Å². The van der Waals surface area contributed by atoms with Gasteiger partial charge in [0, 0.05) is 18.1 Å². The molecule has 0 spiro atoms. The number of amides is 2. The van der Waals surface area contributed by atoms with Crippen LogP contribution < -0.4 is 10.6 Å². The van der Waals surface area contributed by atoms with Crippen molar-refractivity contribution in [3.05, 3.63) is 54.1 Å². The number of imidazole rings is 1. The molecule has 0 aliphatic heterocycles. The lowest BCUT2D eigenvalue weighted by Gasteiger charge is -2.13. The maximum Gasteiger partial charge on any atom is 0.319 e. The highest BCUT2D eigenvalue weighted by Gasteiger charge is 2.14. The molecule has 3 aromatic rings. The van der Waals surface area contributed by atoms with Crippen LogP contribution in [0.15, 0.2) is 42.7 Å². The topological polar surface area (TPSA) is 82.7 Å². The van der Waals surface area contributed by atoms with Crippen molar-refractivity contribution >= 4 is 22.8 Å². The van der Waals surface area contributed by atoms with E-state index in [2.05, 4.69) is 25.6 Å². The molecule has 6 nitrogen and oxygen atoms in total. The second-order valence-corrected chi connectivity index (χ2v) is 5.15. The van der Waals surface area contributed by atoms with Crippen molar-refractivity contribution in [2.24, 2.45) is 0 Å². The lowest BCUT2D eigenvalue weighted by Crippen LogP contribution is -2.31. The zero-order chi connectivity index (χ0) is 15.5. The molecule has 1 atom stereocenters. The number of carbonyl (C=O) groups excluding carboxylic acids is 1. The van der Waals surface area contributed by atoms with Gasteiger partial charge in [-0.2, -0.15) is 0 Å². The molecule has 2 aromatic heterocycles. The van der Waals surface area contributed by atoms with Gasteiger partial charge in [0.2, 0.25) is 0 Å². The van der Waals surface area contributed by atoms with Gasteiger partial charge in [-0.15, -0.1) is 0 Å². The molecule has 0 saturated carbocycles. The average molecular weight is 295 g/mol. The van der Waals surface area contributed by atoms with Crippen LogP contribution in [0.4, 0.5) is 10.5 Å². The Hall–Kier alpha value is -2.89. The maximum absolute atomic E-state index is 12.1. The van der Waals surface area contributed by atoms with Crippen LogP contribution >= 0.6 is 0 Å². The molecule has 0 fully saturated rings. The number of hydrogen-bond acceptors (Lipinski definition) is 3. The number of fused-ring (bicyclic) bond motifs is 1. The van der Waals surface area contributed by atoms with Crippen LogP contribution in [0, 0.1) is 6.92 Å². The fourth-order valence-electron chi connectivity index (χ4n) is 2.21. The summed E-state index contributed by atoms with van der Waals surface area (Å²) in [7, 11) is 0. The summed E-state index contributed by atoms with van der Waals surface area (Å²) in [4.78, 5) is 23.8. The van der Waals surface area contributed by atoms with Gasteiger partial charge < -0.3 is 15.6 Å². The van der Waals surface area contributed by atoms with Crippen molar-refractivity contribution in [3.8, 4) is 0 Å². The Balaban J connectivity index is 1.69. The average Bonchev–Trinajstić information content (AvgIpc) is 2.93. The van der Waals surface area contributed by atoms with E-state index in [4.69, 9.17) is 0 Å². The zero-order valence-electron chi connectivity index (χ0n) is 12.4. The normalized spacial score (nSPS) is 12.1. The Labute approximate surface area is 128 Å². The lowest BCUT2D eigenvalue weighted by atomic mass is 10.2. The van der Waals surface area contributed by atoms with E-state index in [9.17, 15) is 4.79 Å². The van der Waals surface area contributed by atoms with Crippen molar-refractivity contribution in [2.45, 2.75) is 19.9 Å². The monoisotopic (exact) mass is 295 g/mol. The van der Waals surface area contributed by atoms with Gasteiger partial charge in [0.25, 0.3) is 0 Å². The summed E-state index contributed by atoms with van der Waals surface area (Å²) in [6, 6.07) is 9.03. The summed E-state index contributed by atoms with van der Waals surface area (Å²) >= 11 is 0. The Kier molecular flexibility index (Phi) is 3.74. The first-order chi connectivity index (χ1) is 10.6. The number of urea groups is 1. The maximum atomic E-state index is 12.1. The molecule has 3 rings (SSSR count). The number of nitrogens with one attached hydrogen (secondary N) is 3. The van der Waals surface area contributed by atoms with Gasteiger partial charge in [-0.05, 0) is 37.6 Å². The minimum atomic E-state index is -0.276. The first-order valence-corrected chi connectivity index (χ1v) is 7.06. The van der Waals surface area contributed by atoms with E-state index in [-0.39, 0.29) is 12.1 Å². The molecule has 1 aromatic carbocycles. The highest BCUT2D eigenvalue weighted by Crippen LogP contribution is 2.16. The third kappa shape index (κ3) is 2.90. The van der Waals surface area contributed by atoms with Crippen LogP contribution in [0.5, 0.6) is 0 Å². The number of para-hydroxylation sites is 2. The number of carbonyl (C=O) groups is 1. The first kappa shape index (κ1) is 14.1. The number of aromatic nitrogens is 3. The largest absolute Gasteiger partial charge is 0.340 e. The predicted molar refractivity (Wildman–Crippen MR) is 85.6 cm³/mol. The molecule has 0 bridgehead atoms. The summed E-state index contributed by atoms with van der Waals surface area (Å²) < 4.78 is 0. The number of anilines is 1. The lowest BCUT2D eigenvalue weighted by molar-refractivity contribution is 0.249. The van der Waals surface area contributed by atoms with Crippen LogP contribution in [0.3, 0.4) is 0 Å². The van der Waals surface area contributed by atoms with Crippen molar-refractivity contribution in [1.29, 1.82) is 0 Å². The molecule has 0 radical (unpaired) electrons. The third-order valence-electron chi connectivity index (χ3n) is 3.43. The van der Waals surface area contributed by atoms with Gasteiger partial charge in [0.1, 0.15) is 5.82 Å². The number of pyridine rings is 1. The predicted octanol–water partition coefficient (Wildman–Crippen LogP) is 3.15. The van der Waals surface area contributed by atoms with Crippen molar-refractivity contribution in [1.82, 2.24) is 20.3 Å². The Morgan fingerprint density at radius 2 is 2.09 bits per heavy atom. The van der Waals surface area contributed by atoms with Crippen LogP contribution in [-0.4, -0.2) is 21.0 Å². The minimum Gasteiger partial charge on any atom is -0.340 e. The van der Waals surface area contributed by atoms with Gasteiger partial charge in [0.05, 0.1) is 17.1 Å². The summed E-state index contributed by atoms with van der Waals surface area (Å²) in [6.45, 7) is 3.78. The number of rotatable bonds is 3. The number of nitrogens with zero attached hydrogens (tertiary/aromatic N) is 2. The van der Waals surface area contributed by atoms with E-state index in [1.54, 1.807) is 18.5 Å². The zero-order valence-corrected chi connectivity index (χ0v) is 12.4. The van der Waals surface area contributed by atoms with Crippen molar-refractivity contribution in [3.63, 3.8) is 0 Å². The van der Waals surface area contributed by atoms with Gasteiger partial charge in [-0.1, -0.05) is 12.1 Å². The summed E-state index contributed by atoms with van der Waals surface area (Å²) in [6.07, 6.45) is 3.35. The molecular formula is C16H17N5O. The molecule has 2 heterocycles. The molecule has 0 aliphatic rings. The Morgan fingerprint density at radius 1 is 1.27 bits per heavy atom. The third-order valence-corrected chi connectivity index (χ3v) is 3.43. The number of hydrogen-bond donors (Lipinski definition) is 3. The van der Waals surface area contributed by atoms with Gasteiger partial charge in [0.15, 0.2) is 0 Å². The Bertz CT molecular complexity index is 778.